The number of aliphatic carboxylic acids is 1. The molecule has 8 aromatic heterocycles. The number of nitrogen functional groups attached to an aromatic ring is 1. The zero-order chi connectivity index (χ0) is 109. The van der Waals surface area contributed by atoms with Gasteiger partial charge in [-0.3, -0.25) is 29.0 Å². The summed E-state index contributed by atoms with van der Waals surface area (Å²) in [7, 11) is -2.31. The molecule has 39 heteroatoms. The van der Waals surface area contributed by atoms with E-state index in [0.29, 0.717) is 152 Å². The summed E-state index contributed by atoms with van der Waals surface area (Å²) in [4.78, 5) is 100. The van der Waals surface area contributed by atoms with Crippen molar-refractivity contribution in [3.8, 4) is 35.3 Å². The zero-order valence-electron chi connectivity index (χ0n) is 92.0. The van der Waals surface area contributed by atoms with Gasteiger partial charge in [0.05, 0.1) is 94.6 Å². The summed E-state index contributed by atoms with van der Waals surface area (Å²) in [5.41, 5.74) is 10.1. The highest BCUT2D eigenvalue weighted by Gasteiger charge is 2.44. The summed E-state index contributed by atoms with van der Waals surface area (Å²) < 4.78 is 59.5. The largest absolute Gasteiger partial charge is 0.481 e. The van der Waals surface area contributed by atoms with Gasteiger partial charge in [0.2, 0.25) is 53.0 Å². The molecule has 14 rings (SSSR count). The van der Waals surface area contributed by atoms with Crippen molar-refractivity contribution in [1.29, 1.82) is 0 Å². The van der Waals surface area contributed by atoms with Crippen molar-refractivity contribution in [1.82, 2.24) is 64.2 Å². The summed E-state index contributed by atoms with van der Waals surface area (Å²) in [6.45, 7) is 50.2. The van der Waals surface area contributed by atoms with Gasteiger partial charge >= 0.3 is 11.9 Å². The van der Waals surface area contributed by atoms with Gasteiger partial charge in [-0.1, -0.05) is 154 Å². The lowest BCUT2D eigenvalue weighted by atomic mass is 9.81. The number of aromatic nitrogens is 10. The molecule has 6 aliphatic rings. The molecular formula is C111H164Br4IN17O15Si2. The molecule has 0 aliphatic carbocycles. The average molecular weight is 2480 g/mol. The summed E-state index contributed by atoms with van der Waals surface area (Å²) in [5, 5.41) is 25.1. The van der Waals surface area contributed by atoms with Crippen LogP contribution in [0, 0.1) is 27.1 Å². The first-order valence-electron chi connectivity index (χ1n) is 53.3. The number of esters is 1. The predicted molar refractivity (Wildman–Crippen MR) is 620 cm³/mol. The Morgan fingerprint density at radius 1 is 0.493 bits per heavy atom. The number of pyridine rings is 6. The Labute approximate surface area is 939 Å². The number of carboxylic acid groups (broad SMARTS) is 1. The number of carbonyl (C=O) groups is 5. The van der Waals surface area contributed by atoms with Crippen molar-refractivity contribution in [2.45, 2.75) is 328 Å². The third-order valence-electron chi connectivity index (χ3n) is 28.1. The van der Waals surface area contributed by atoms with Crippen LogP contribution in [0.25, 0.3) is 0 Å². The number of anilines is 4. The maximum absolute atomic E-state index is 13.6. The van der Waals surface area contributed by atoms with Crippen molar-refractivity contribution in [3.63, 3.8) is 0 Å². The van der Waals surface area contributed by atoms with Gasteiger partial charge in [-0.2, -0.15) is 20.2 Å². The van der Waals surface area contributed by atoms with Crippen LogP contribution in [0.3, 0.4) is 0 Å². The van der Waals surface area contributed by atoms with Crippen LogP contribution >= 0.6 is 86.3 Å². The topological polar surface area (TPSA) is 374 Å². The summed E-state index contributed by atoms with van der Waals surface area (Å²) in [6, 6.07) is 36.1. The van der Waals surface area contributed by atoms with E-state index in [1.54, 1.807) is 13.0 Å². The Kier molecular flexibility index (Phi) is 50.2. The van der Waals surface area contributed by atoms with Crippen LogP contribution in [0.15, 0.2) is 144 Å². The van der Waals surface area contributed by atoms with Crippen molar-refractivity contribution in [2.24, 2.45) is 32.1 Å². The number of amidine groups is 1. The number of rotatable bonds is 41. The summed E-state index contributed by atoms with van der Waals surface area (Å²) in [5.74, 6) is 7.06. The van der Waals surface area contributed by atoms with E-state index in [2.05, 4.69) is 218 Å². The molecule has 5 N–H and O–H groups in total. The SMILES string of the molecule is Brc1cccc(OCCCCI)n1.CCC(C)(CCCCOc1cccc(Br)n1)C(=O)N1Cc2c(N)nn(COCC[Si](C)(C)C)c2C1.CCC(C)(CCCCOc1cccc(Br)n1)C(=O)O.CCC(C)(CCCCOc1cccc(Br)n1)C(=O)OC(C)(C)C.CCC1(C)CCCCOc2cccc(n2)NC2=NCC3=C2CN(C3)C1=O.CCC1(C)CCCCOc2cccc(n2)Nc2nn(COCC[Si](C)(C)C)c3c2CN(C3)C1=O. The molecule has 0 aromatic carbocycles. The number of aliphatic imine (C=N–C) groups is 1. The highest BCUT2D eigenvalue weighted by atomic mass is 127. The van der Waals surface area contributed by atoms with E-state index in [4.69, 9.17) is 58.6 Å². The van der Waals surface area contributed by atoms with Gasteiger partial charge in [0.15, 0.2) is 11.6 Å². The number of halogens is 5. The number of nitrogens with two attached hydrogens (primary N) is 1. The number of ether oxygens (including phenoxy) is 9. The summed E-state index contributed by atoms with van der Waals surface area (Å²) in [6.07, 6.45) is 19.2. The summed E-state index contributed by atoms with van der Waals surface area (Å²) >= 11 is 15.6. The van der Waals surface area contributed by atoms with Crippen molar-refractivity contribution < 1.29 is 71.7 Å². The molecule has 0 spiro atoms. The second kappa shape index (κ2) is 60.4. The Bertz CT molecular complexity index is 5710. The number of hydrogen-bond donors (Lipinski definition) is 4. The van der Waals surface area contributed by atoms with E-state index in [0.717, 1.165) is 218 Å². The van der Waals surface area contributed by atoms with E-state index in [9.17, 15) is 24.0 Å². The first-order valence-corrected chi connectivity index (χ1v) is 65.4. The lowest BCUT2D eigenvalue weighted by Crippen LogP contribution is -2.42. The molecule has 0 saturated carbocycles. The van der Waals surface area contributed by atoms with Crippen LogP contribution in [0.2, 0.25) is 51.4 Å². The molecule has 3 amide bonds. The number of nitrogens with one attached hydrogen (secondary N) is 2. The first-order chi connectivity index (χ1) is 71.3. The van der Waals surface area contributed by atoms with Crippen LogP contribution in [0.1, 0.15) is 254 Å². The van der Waals surface area contributed by atoms with E-state index in [-0.39, 0.29) is 34.5 Å². The minimum absolute atomic E-state index is 0.109. The molecule has 6 aliphatic heterocycles. The fourth-order valence-electron chi connectivity index (χ4n) is 17.2. The monoisotopic (exact) mass is 2470 g/mol. The number of alkyl halides is 1. The van der Waals surface area contributed by atoms with Gasteiger partial charge in [-0.25, -0.2) is 29.3 Å². The standard InChI is InChI=1S/C25H40BrN5O3Si.C25H39N5O3Si.C20H26N4O2.C18H28BrNO3.C14H20BrNO3.C9H11BrINO/c1-6-25(2,12-7-8-13-34-22-11-9-10-21(26)28-22)24(32)30-16-19-20(17-30)31(29-23(19)27)18-33-14-15-35(3,4)5;1-6-25(2)12-7-8-13-33-22-11-9-10-21(26-22)27-23-19-16-29(24(25)31)17-20(19)30(28-23)18-32-14-15-34(3,4)5;1-3-20(2)9-4-5-10-26-17-8-6-7-16(22-17)23-18-15-13-24(19(20)25)12-14(15)11-21-18;1-6-18(5,16(21)23-17(2,3)4)12-7-8-13-22-15-11-9-10-14(19)20-15;1-3-14(2,13(17)18)9-4-5-10-19-12-8-6-7-11(15)16-12;10-8-4-3-5-9(12-8)13-7-2-1-6-11/h9-11H,6-8,12-18H2,1-5H3,(H2,27,29);9-11H,6-8,12-18H2,1-5H3,(H,26,27,28);6-8H,3-5,9-13H2,1-2H3,(H,21,22,23);9-11H,6-8,12-13H2,1-5H3;6-8H,3-5,9-10H2,1-2H3,(H,17,18);3-5H,1-2,6-7H2. The number of nitrogens with zero attached hydrogens (tertiary/aromatic N) is 14. The minimum atomic E-state index is -1.16. The molecule has 0 radical (unpaired) electrons. The number of carboxylic acids is 1. The maximum atomic E-state index is 13.6. The van der Waals surface area contributed by atoms with Gasteiger partial charge in [0.1, 0.15) is 54.9 Å². The van der Waals surface area contributed by atoms with E-state index >= 15 is 0 Å². The smallest absolute Gasteiger partial charge is 0.312 e. The molecule has 32 nitrogen and oxygen atoms in total. The molecule has 826 valence electrons. The first kappa shape index (κ1) is 125. The Morgan fingerprint density at radius 2 is 0.913 bits per heavy atom. The zero-order valence-corrected chi connectivity index (χ0v) is 102. The number of unbranched alkanes of at least 4 members (excludes halogenated alkanes) is 4. The van der Waals surface area contributed by atoms with Crippen LogP contribution in [-0.4, -0.2) is 203 Å². The number of hydrogen-bond acceptors (Lipinski definition) is 26. The number of amides is 3. The van der Waals surface area contributed by atoms with Gasteiger partial charge in [-0.15, -0.1) is 0 Å². The van der Waals surface area contributed by atoms with Gasteiger partial charge in [0, 0.05) is 112 Å². The van der Waals surface area contributed by atoms with E-state index < -0.39 is 44.0 Å². The van der Waals surface area contributed by atoms with Crippen LogP contribution < -0.4 is 44.8 Å². The lowest BCUT2D eigenvalue weighted by Gasteiger charge is -2.32. The van der Waals surface area contributed by atoms with Crippen molar-refractivity contribution in [2.75, 3.05) is 93.3 Å². The molecule has 0 saturated heterocycles. The van der Waals surface area contributed by atoms with Crippen molar-refractivity contribution >= 4 is 161 Å². The highest BCUT2D eigenvalue weighted by molar-refractivity contribution is 14.1. The van der Waals surface area contributed by atoms with Crippen LogP contribution in [0.5, 0.6) is 35.3 Å². The fraction of sp³-hybridized carbons (Fsp3) is 0.604. The molecule has 5 unspecified atom stereocenters. The normalized spacial score (nSPS) is 17.6. The Balaban J connectivity index is 0.000000205. The molecular weight excluding hydrogens is 2310 g/mol. The number of carbonyl (C=O) groups excluding carboxylic acids is 4. The Morgan fingerprint density at radius 3 is 1.34 bits per heavy atom. The third kappa shape index (κ3) is 40.2. The minimum Gasteiger partial charge on any atom is -0.481 e. The van der Waals surface area contributed by atoms with Gasteiger partial charge < -0.3 is 78.8 Å². The maximum Gasteiger partial charge on any atom is 0.312 e. The second-order valence-corrected chi connectivity index (χ2v) is 59.4. The van der Waals surface area contributed by atoms with Gasteiger partial charge in [-0.05, 0) is 298 Å². The van der Waals surface area contributed by atoms with Crippen molar-refractivity contribution in [3.05, 3.63) is 161 Å². The fourth-order valence-corrected chi connectivity index (χ4v) is 20.6. The lowest BCUT2D eigenvalue weighted by molar-refractivity contribution is -0.167. The third-order valence-corrected chi connectivity index (χ3v) is 34.0. The highest BCUT2D eigenvalue weighted by Crippen LogP contribution is 2.42. The predicted octanol–water partition coefficient (Wildman–Crippen LogP) is 26.1. The molecule has 5 atom stereocenters. The molecule has 8 aromatic rings. The molecule has 8 bridgehead atoms. The Hall–Kier alpha value is -8.72. The second-order valence-electron chi connectivity index (χ2n) is 43.8. The van der Waals surface area contributed by atoms with Crippen LogP contribution in [0.4, 0.5) is 23.3 Å². The molecule has 0 fully saturated rings. The molecule has 14 heterocycles. The van der Waals surface area contributed by atoms with Gasteiger partial charge in [0.25, 0.3) is 0 Å². The van der Waals surface area contributed by atoms with E-state index in [1.165, 1.54) is 16.4 Å². The van der Waals surface area contributed by atoms with E-state index in [1.807, 2.05) is 169 Å². The van der Waals surface area contributed by atoms with Crippen LogP contribution in [-0.2, 0) is 77.8 Å². The number of fused-ring (bicyclic) bond motifs is 7. The average Bonchev–Trinajstić information content (AvgIpc) is 1.61. The molecule has 150 heavy (non-hydrogen) atoms. The quantitative estimate of drug-likeness (QED) is 0.00690.